The molecule has 8 aromatic carbocycles. The van der Waals surface area contributed by atoms with Crippen molar-refractivity contribution in [3.8, 4) is 33.4 Å². The zero-order chi connectivity index (χ0) is 32.3. The molecule has 1 unspecified atom stereocenters. The predicted octanol–water partition coefficient (Wildman–Crippen LogP) is 14.1. The van der Waals surface area contributed by atoms with Crippen molar-refractivity contribution in [1.29, 1.82) is 0 Å². The molecule has 0 aliphatic heterocycles. The minimum atomic E-state index is 0.396. The second kappa shape index (κ2) is 11.4. The van der Waals surface area contributed by atoms with Gasteiger partial charge in [-0.25, -0.2) is 0 Å². The first-order chi connectivity index (χ1) is 24.3. The Balaban J connectivity index is 1.30. The molecule has 1 heteroatoms. The standard InChI is InChI=1S/C48H32S/c1-2-13-31(14-3-1)33-17-10-19-35(27-33)48-41-24-7-6-23-40(41)47(43-29-42-39-22-8-9-26-45(39)49-46(42)30-44(43)48)36-20-11-18-34(28-36)38-25-12-16-32-15-4-5-21-37(32)38/h1-13,15-31H,14H2. The van der Waals surface area contributed by atoms with E-state index in [1.54, 1.807) is 0 Å². The van der Waals surface area contributed by atoms with Crippen LogP contribution in [0.5, 0.6) is 0 Å². The van der Waals surface area contributed by atoms with Crippen LogP contribution in [-0.2, 0) is 0 Å². The Labute approximate surface area is 289 Å². The lowest BCUT2D eigenvalue weighted by atomic mass is 9.83. The van der Waals surface area contributed by atoms with Gasteiger partial charge in [-0.05, 0) is 102 Å². The molecule has 1 aliphatic rings. The van der Waals surface area contributed by atoms with E-state index >= 15 is 0 Å². The molecular formula is C48H32S. The molecule has 0 nitrogen and oxygen atoms in total. The monoisotopic (exact) mass is 640 g/mol. The number of hydrogen-bond donors (Lipinski definition) is 0. The fourth-order valence-corrected chi connectivity index (χ4v) is 9.22. The van der Waals surface area contributed by atoms with Crippen LogP contribution in [0.4, 0.5) is 0 Å². The number of rotatable bonds is 4. The third-order valence-corrected chi connectivity index (χ3v) is 11.5. The summed E-state index contributed by atoms with van der Waals surface area (Å²) in [7, 11) is 0. The molecule has 0 bridgehead atoms. The van der Waals surface area contributed by atoms with E-state index in [1.165, 1.54) is 91.4 Å². The SMILES string of the molecule is C1=CCC(c2cccc(-c3c4ccccc4c(-c4cccc(-c5cccc6ccccc56)c4)c4cc5c(cc34)sc3ccccc35)c2)C=C1. The summed E-state index contributed by atoms with van der Waals surface area (Å²) >= 11 is 1.90. The van der Waals surface area contributed by atoms with Crippen LogP contribution in [0.25, 0.3) is 85.9 Å². The van der Waals surface area contributed by atoms with Gasteiger partial charge in [0.05, 0.1) is 0 Å². The third-order valence-electron chi connectivity index (χ3n) is 10.4. The molecule has 0 saturated heterocycles. The summed E-state index contributed by atoms with van der Waals surface area (Å²) in [6.07, 6.45) is 10.00. The van der Waals surface area contributed by atoms with Crippen molar-refractivity contribution in [1.82, 2.24) is 0 Å². The number of thiophene rings is 1. The number of allylic oxidation sites excluding steroid dienone is 4. The van der Waals surface area contributed by atoms with Gasteiger partial charge in [-0.3, -0.25) is 0 Å². The van der Waals surface area contributed by atoms with Crippen molar-refractivity contribution < 1.29 is 0 Å². The van der Waals surface area contributed by atoms with Gasteiger partial charge in [0.2, 0.25) is 0 Å². The molecule has 0 spiro atoms. The Bertz CT molecular complexity index is 2800. The summed E-state index contributed by atoms with van der Waals surface area (Å²) in [5, 5.41) is 10.4. The van der Waals surface area contributed by atoms with Crippen LogP contribution in [0, 0.1) is 0 Å². The van der Waals surface area contributed by atoms with Crippen molar-refractivity contribution in [2.24, 2.45) is 0 Å². The molecule has 0 saturated carbocycles. The van der Waals surface area contributed by atoms with Gasteiger partial charge in [0.25, 0.3) is 0 Å². The van der Waals surface area contributed by atoms with E-state index in [-0.39, 0.29) is 0 Å². The molecule has 49 heavy (non-hydrogen) atoms. The molecule has 0 radical (unpaired) electrons. The average Bonchev–Trinajstić information content (AvgIpc) is 3.53. The zero-order valence-corrected chi connectivity index (χ0v) is 27.8. The summed E-state index contributed by atoms with van der Waals surface area (Å²) < 4.78 is 2.66. The quantitative estimate of drug-likeness (QED) is 0.168. The second-order valence-electron chi connectivity index (χ2n) is 13.2. The molecule has 1 aromatic heterocycles. The Morgan fingerprint density at radius 1 is 0.429 bits per heavy atom. The van der Waals surface area contributed by atoms with Crippen LogP contribution in [0.15, 0.2) is 176 Å². The molecule has 9 aromatic rings. The third kappa shape index (κ3) is 4.65. The highest BCUT2D eigenvalue weighted by atomic mass is 32.1. The van der Waals surface area contributed by atoms with E-state index in [2.05, 4.69) is 176 Å². The molecule has 230 valence electrons. The van der Waals surface area contributed by atoms with Crippen molar-refractivity contribution in [3.63, 3.8) is 0 Å². The molecule has 10 rings (SSSR count). The van der Waals surface area contributed by atoms with Crippen LogP contribution >= 0.6 is 11.3 Å². The maximum absolute atomic E-state index is 2.48. The lowest BCUT2D eigenvalue weighted by Gasteiger charge is -2.20. The largest absolute Gasteiger partial charge is 0.135 e. The Kier molecular flexibility index (Phi) is 6.60. The number of benzene rings is 8. The maximum Gasteiger partial charge on any atom is 0.0362 e. The van der Waals surface area contributed by atoms with E-state index in [0.29, 0.717) is 5.92 Å². The highest BCUT2D eigenvalue weighted by molar-refractivity contribution is 7.25. The van der Waals surface area contributed by atoms with Crippen molar-refractivity contribution in [3.05, 3.63) is 182 Å². The predicted molar refractivity (Wildman–Crippen MR) is 214 cm³/mol. The Morgan fingerprint density at radius 2 is 1.08 bits per heavy atom. The minimum absolute atomic E-state index is 0.396. The van der Waals surface area contributed by atoms with Gasteiger partial charge >= 0.3 is 0 Å². The first kappa shape index (κ1) is 28.3. The fraction of sp³-hybridized carbons (Fsp3) is 0.0417. The van der Waals surface area contributed by atoms with Crippen LogP contribution < -0.4 is 0 Å². The average molecular weight is 641 g/mol. The topological polar surface area (TPSA) is 0 Å². The number of hydrogen-bond acceptors (Lipinski definition) is 1. The van der Waals surface area contributed by atoms with Crippen LogP contribution in [0.1, 0.15) is 17.9 Å². The van der Waals surface area contributed by atoms with Gasteiger partial charge in [0, 0.05) is 26.1 Å². The van der Waals surface area contributed by atoms with Crippen LogP contribution in [-0.4, -0.2) is 0 Å². The molecule has 1 atom stereocenters. The molecule has 0 fully saturated rings. The summed E-state index contributed by atoms with van der Waals surface area (Å²) in [5.41, 5.74) is 8.99. The minimum Gasteiger partial charge on any atom is -0.135 e. The van der Waals surface area contributed by atoms with Gasteiger partial charge < -0.3 is 0 Å². The lowest BCUT2D eigenvalue weighted by molar-refractivity contribution is 0.854. The van der Waals surface area contributed by atoms with Crippen LogP contribution in [0.2, 0.25) is 0 Å². The second-order valence-corrected chi connectivity index (χ2v) is 14.3. The summed E-state index contributed by atoms with van der Waals surface area (Å²) in [4.78, 5) is 0. The van der Waals surface area contributed by atoms with Gasteiger partial charge in [0.15, 0.2) is 0 Å². The van der Waals surface area contributed by atoms with Gasteiger partial charge in [-0.2, -0.15) is 0 Å². The van der Waals surface area contributed by atoms with E-state index < -0.39 is 0 Å². The summed E-state index contributed by atoms with van der Waals surface area (Å²) in [5.74, 6) is 0.396. The highest BCUT2D eigenvalue weighted by Crippen LogP contribution is 2.48. The maximum atomic E-state index is 2.48. The number of fused-ring (bicyclic) bond motifs is 6. The molecule has 0 N–H and O–H groups in total. The summed E-state index contributed by atoms with van der Waals surface area (Å²) in [6, 6.07) is 56.7. The first-order valence-electron chi connectivity index (χ1n) is 17.1. The lowest BCUT2D eigenvalue weighted by Crippen LogP contribution is -1.97. The Hall–Kier alpha value is -5.76. The van der Waals surface area contributed by atoms with E-state index in [1.807, 2.05) is 11.3 Å². The fourth-order valence-electron chi connectivity index (χ4n) is 8.09. The first-order valence-corrected chi connectivity index (χ1v) is 17.9. The van der Waals surface area contributed by atoms with Gasteiger partial charge in [-0.1, -0.05) is 152 Å². The van der Waals surface area contributed by atoms with Crippen molar-refractivity contribution in [2.45, 2.75) is 12.3 Å². The van der Waals surface area contributed by atoms with E-state index in [0.717, 1.165) is 6.42 Å². The van der Waals surface area contributed by atoms with Gasteiger partial charge in [-0.15, -0.1) is 11.3 Å². The van der Waals surface area contributed by atoms with Crippen molar-refractivity contribution in [2.75, 3.05) is 0 Å². The molecular weight excluding hydrogens is 609 g/mol. The highest BCUT2D eigenvalue weighted by Gasteiger charge is 2.20. The van der Waals surface area contributed by atoms with Crippen LogP contribution in [0.3, 0.4) is 0 Å². The molecule has 0 amide bonds. The normalized spacial score (nSPS) is 14.5. The Morgan fingerprint density at radius 3 is 1.90 bits per heavy atom. The van der Waals surface area contributed by atoms with E-state index in [9.17, 15) is 0 Å². The van der Waals surface area contributed by atoms with Crippen molar-refractivity contribution >= 4 is 63.8 Å². The zero-order valence-electron chi connectivity index (χ0n) is 26.9. The molecule has 1 aliphatic carbocycles. The summed E-state index contributed by atoms with van der Waals surface area (Å²) in [6.45, 7) is 0. The van der Waals surface area contributed by atoms with Gasteiger partial charge in [0.1, 0.15) is 0 Å². The van der Waals surface area contributed by atoms with E-state index in [4.69, 9.17) is 0 Å². The smallest absolute Gasteiger partial charge is 0.0362 e. The molecule has 1 heterocycles.